The van der Waals surface area contributed by atoms with Gasteiger partial charge in [-0.25, -0.2) is 0 Å². The lowest BCUT2D eigenvalue weighted by molar-refractivity contribution is 0.219. The molecule has 0 N–H and O–H groups in total. The van der Waals surface area contributed by atoms with Crippen molar-refractivity contribution in [2.24, 2.45) is 0 Å². The molecule has 0 aromatic heterocycles. The van der Waals surface area contributed by atoms with Crippen LogP contribution in [0.15, 0.2) is 488 Å². The smallest absolute Gasteiger partial charge is 0.309 e. The fraction of sp³-hybridized carbons (Fsp3) is 0.0615. The maximum Gasteiger partial charge on any atom is 0.335 e. The van der Waals surface area contributed by atoms with E-state index in [9.17, 15) is 4.57 Å². The Morgan fingerprint density at radius 1 is 0.220 bits per heavy atom. The number of halogens is 7. The quantitative estimate of drug-likeness (QED) is 0.0330. The summed E-state index contributed by atoms with van der Waals surface area (Å²) in [4.78, 5) is 0. The zero-order valence-electron chi connectivity index (χ0n) is 77.9. The summed E-state index contributed by atoms with van der Waals surface area (Å²) < 4.78 is 29.4. The van der Waals surface area contributed by atoms with Crippen molar-refractivity contribution < 1.29 is 13.6 Å². The number of alkyl halides is 1. The molecule has 0 heterocycles. The molecule has 141 heavy (non-hydrogen) atoms. The third kappa shape index (κ3) is 24.2. The van der Waals surface area contributed by atoms with Crippen LogP contribution in [-0.4, -0.2) is 13.2 Å². The van der Waals surface area contributed by atoms with E-state index in [2.05, 4.69) is 494 Å². The number of benzene rings is 22. The Kier molecular flexibility index (Phi) is 35.1. The summed E-state index contributed by atoms with van der Waals surface area (Å²) in [5, 5.41) is 21.1. The lowest BCUT2D eigenvalue weighted by Crippen LogP contribution is -1.99. The molecule has 0 bridgehead atoms. The zero-order valence-corrected chi connectivity index (χ0v) is 89.9. The van der Waals surface area contributed by atoms with Gasteiger partial charge in [0.25, 0.3) is 0 Å². The predicted molar refractivity (Wildman–Crippen MR) is 634 cm³/mol. The molecule has 0 saturated heterocycles. The summed E-state index contributed by atoms with van der Waals surface area (Å²) in [6, 6.07) is 163. The van der Waals surface area contributed by atoms with Crippen molar-refractivity contribution in [2.75, 3.05) is 13.2 Å². The van der Waals surface area contributed by atoms with E-state index in [0.717, 1.165) is 46.1 Å². The number of rotatable bonds is 20. The standard InChI is InChI=1S/C56H40.C28H16Br2.2C14H11Br.C11H16BrO3P.C7H6Br2/c1-3-19-39(20-4-1)35-37-41-23-7-9-25-43(41)53-45-27-11-15-31-49(45)55(50-32-16-12-28-46(50)53)56-51-33-17-13-29-47(51)54(48-30-14-18-34-52(48)56)44-26-10-8-24-42(44)38-36-40-21-5-2-6-22-40;29-27-21-13-5-1-9-17(21)25(18-10-2-6-14-22(18)27)26-19-11-3-7-15-23(19)28(30)24-16-8-4-12-20(24)26;2*15-14-9-5-4-8-13(14)11-10-12-6-2-1-3-7-12;1-3-14-16(13,15-4-2)9-10-7-5-6-8-11(10)12;8-5-6-3-1-2-4-7(6)9/h1-35,37H,36,38H2;1-16H;2*1-11H;5-8H,3-4,9H2,1-2H3;1-4H,5H2/b37-35+;;2*11-10+;;. The minimum atomic E-state index is -3.00. The molecule has 11 heteroatoms. The van der Waals surface area contributed by atoms with Crippen LogP contribution in [-0.2, 0) is 37.9 Å². The lowest BCUT2D eigenvalue weighted by Gasteiger charge is -2.23. The van der Waals surface area contributed by atoms with Gasteiger partial charge in [0.2, 0.25) is 0 Å². The molecule has 22 aromatic carbocycles. The van der Waals surface area contributed by atoms with Crippen LogP contribution in [0.4, 0.5) is 0 Å². The first-order valence-corrected chi connectivity index (χ1v) is 54.7. The van der Waals surface area contributed by atoms with E-state index >= 15 is 0 Å². The summed E-state index contributed by atoms with van der Waals surface area (Å²) in [5.41, 5.74) is 22.5. The van der Waals surface area contributed by atoms with Gasteiger partial charge in [0.15, 0.2) is 0 Å². The maximum absolute atomic E-state index is 12.3. The van der Waals surface area contributed by atoms with Gasteiger partial charge in [-0.05, 0) is 269 Å². The molecular formula is C130H100Br7O3P. The van der Waals surface area contributed by atoms with Gasteiger partial charge in [0, 0.05) is 32.2 Å². The highest BCUT2D eigenvalue weighted by atomic mass is 79.9. The van der Waals surface area contributed by atoms with Crippen molar-refractivity contribution in [1.82, 2.24) is 0 Å². The Morgan fingerprint density at radius 2 is 0.461 bits per heavy atom. The molecule has 0 saturated carbocycles. The van der Waals surface area contributed by atoms with Crippen molar-refractivity contribution in [3.8, 4) is 44.5 Å². The number of aryl methyl sites for hydroxylation is 2. The molecule has 0 radical (unpaired) electrons. The van der Waals surface area contributed by atoms with E-state index in [1.165, 1.54) is 185 Å². The van der Waals surface area contributed by atoms with Crippen LogP contribution in [0.5, 0.6) is 0 Å². The topological polar surface area (TPSA) is 35.5 Å². The zero-order chi connectivity index (χ0) is 97.2. The Balaban J connectivity index is 0.000000133. The maximum atomic E-state index is 12.3. The van der Waals surface area contributed by atoms with Gasteiger partial charge in [-0.1, -0.05) is 553 Å². The van der Waals surface area contributed by atoms with Crippen LogP contribution in [0.1, 0.15) is 69.5 Å². The molecule has 0 unspecified atom stereocenters. The van der Waals surface area contributed by atoms with Crippen molar-refractivity contribution in [2.45, 2.75) is 38.2 Å². The molecule has 22 aromatic rings. The molecule has 0 amide bonds. The van der Waals surface area contributed by atoms with E-state index < -0.39 is 7.60 Å². The first-order valence-electron chi connectivity index (χ1n) is 47.1. The largest absolute Gasteiger partial charge is 0.335 e. The Morgan fingerprint density at radius 3 is 0.780 bits per heavy atom. The lowest BCUT2D eigenvalue weighted by atomic mass is 9.80. The average Bonchev–Trinajstić information content (AvgIpc) is 0.736. The van der Waals surface area contributed by atoms with Crippen LogP contribution in [0.2, 0.25) is 0 Å². The summed E-state index contributed by atoms with van der Waals surface area (Å²) >= 11 is 25.0. The Hall–Kier alpha value is -12.4. The molecular weight excluding hydrogens is 2200 g/mol. The van der Waals surface area contributed by atoms with Crippen molar-refractivity contribution >= 4 is 242 Å². The van der Waals surface area contributed by atoms with Gasteiger partial charge < -0.3 is 9.05 Å². The summed E-state index contributed by atoms with van der Waals surface area (Å²) in [6.07, 6.45) is 15.2. The fourth-order valence-electron chi connectivity index (χ4n) is 18.3. The first kappa shape index (κ1) is 100. The fourth-order valence-corrected chi connectivity index (χ4v) is 24.2. The second-order valence-electron chi connectivity index (χ2n) is 33.7. The van der Waals surface area contributed by atoms with E-state index in [1.54, 1.807) is 0 Å². The number of hydrogen-bond acceptors (Lipinski definition) is 3. The minimum Gasteiger partial charge on any atom is -0.309 e. The van der Waals surface area contributed by atoms with Gasteiger partial charge in [-0.15, -0.1) is 0 Å². The summed E-state index contributed by atoms with van der Waals surface area (Å²) in [5.74, 6) is 0. The van der Waals surface area contributed by atoms with Crippen LogP contribution in [0.3, 0.4) is 0 Å². The molecule has 0 aliphatic heterocycles. The Bertz CT molecular complexity index is 7820. The average molecular weight is 2300 g/mol. The van der Waals surface area contributed by atoms with Gasteiger partial charge in [0.05, 0.1) is 19.4 Å². The third-order valence-electron chi connectivity index (χ3n) is 24.8. The Labute approximate surface area is 885 Å². The molecule has 0 fully saturated rings. The van der Waals surface area contributed by atoms with E-state index in [0.29, 0.717) is 19.4 Å². The monoisotopic (exact) mass is 2290 g/mol. The van der Waals surface area contributed by atoms with Gasteiger partial charge >= 0.3 is 7.60 Å². The molecule has 22 rings (SSSR count). The minimum absolute atomic E-state index is 0.302. The summed E-state index contributed by atoms with van der Waals surface area (Å²) in [7, 11) is -3.00. The molecule has 0 aliphatic carbocycles. The predicted octanol–water partition coefficient (Wildman–Crippen LogP) is 41.5. The highest BCUT2D eigenvalue weighted by Gasteiger charge is 2.28. The van der Waals surface area contributed by atoms with Crippen LogP contribution >= 0.6 is 119 Å². The molecule has 0 aliphatic rings. The van der Waals surface area contributed by atoms with Crippen molar-refractivity contribution in [3.63, 3.8) is 0 Å². The first-order chi connectivity index (χ1) is 69.3. The summed E-state index contributed by atoms with van der Waals surface area (Å²) in [6.45, 7) is 4.40. The number of fused-ring (bicyclic) bond motifs is 8. The van der Waals surface area contributed by atoms with Gasteiger partial charge in [-0.3, -0.25) is 4.57 Å². The van der Waals surface area contributed by atoms with E-state index in [4.69, 9.17) is 9.05 Å². The molecule has 3 nitrogen and oxygen atoms in total. The van der Waals surface area contributed by atoms with Crippen molar-refractivity contribution in [3.05, 3.63) is 544 Å². The van der Waals surface area contributed by atoms with Gasteiger partial charge in [0.1, 0.15) is 0 Å². The van der Waals surface area contributed by atoms with Crippen LogP contribution < -0.4 is 0 Å². The van der Waals surface area contributed by atoms with Gasteiger partial charge in [-0.2, -0.15) is 0 Å². The SMILES string of the molecule is BrCc1ccccc1Br.Brc1c2ccccc2c(-c2c3ccccc3c(Br)c3ccccc23)c2ccccc12.Brc1ccccc1/C=C/c1ccccc1.Brc1ccccc1/C=C/c1ccccc1.C(=C\c1ccccc1-c1c2ccccc2c(-c2c3ccccc3c(-c3ccccc3CCc3ccccc3)c3ccccc23)c2ccccc12)/c1ccccc1.CCOP(=O)(Cc1ccccc1Br)OCC. The molecule has 0 atom stereocenters. The molecule has 692 valence electrons. The second kappa shape index (κ2) is 49.4. The van der Waals surface area contributed by atoms with Crippen LogP contribution in [0.25, 0.3) is 167 Å². The third-order valence-corrected chi connectivity index (χ3v) is 32.1. The van der Waals surface area contributed by atoms with E-state index in [1.807, 2.05) is 129 Å². The van der Waals surface area contributed by atoms with Crippen molar-refractivity contribution in [1.29, 1.82) is 0 Å². The van der Waals surface area contributed by atoms with Crippen LogP contribution in [0, 0.1) is 0 Å². The normalized spacial score (nSPS) is 11.3. The second-order valence-corrected chi connectivity index (χ2v) is 41.3. The van der Waals surface area contributed by atoms with E-state index in [-0.39, 0.29) is 0 Å². The highest BCUT2D eigenvalue weighted by molar-refractivity contribution is 9.11. The molecule has 0 spiro atoms. The highest BCUT2D eigenvalue weighted by Crippen LogP contribution is 2.55. The number of hydrogen-bond donors (Lipinski definition) is 0.